The summed E-state index contributed by atoms with van der Waals surface area (Å²) in [6.07, 6.45) is 3.78. The van der Waals surface area contributed by atoms with E-state index in [2.05, 4.69) is 11.7 Å². The Morgan fingerprint density at radius 1 is 1.33 bits per heavy atom. The number of rotatable bonds is 5. The van der Waals surface area contributed by atoms with E-state index in [1.165, 1.54) is 0 Å². The standard InChI is InChI=1S/C15H19N3/c1-12(2)8-9-14(16)15-10-11-18(17-15)13-6-4-3-5-7-13/h3-7,10-11,14H,1,8-9,16H2,2H3. The summed E-state index contributed by atoms with van der Waals surface area (Å²) in [5, 5.41) is 4.52. The van der Waals surface area contributed by atoms with Crippen LogP contribution in [0.15, 0.2) is 54.7 Å². The molecule has 0 aliphatic rings. The Bertz CT molecular complexity index is 514. The zero-order valence-corrected chi connectivity index (χ0v) is 10.7. The molecule has 1 aromatic heterocycles. The Hall–Kier alpha value is -1.87. The van der Waals surface area contributed by atoms with E-state index in [-0.39, 0.29) is 6.04 Å². The highest BCUT2D eigenvalue weighted by molar-refractivity contribution is 5.30. The molecule has 1 atom stereocenters. The molecule has 0 aliphatic heterocycles. The third-order valence-corrected chi connectivity index (χ3v) is 2.89. The van der Waals surface area contributed by atoms with Crippen molar-refractivity contribution in [2.24, 2.45) is 5.73 Å². The molecular weight excluding hydrogens is 222 g/mol. The highest BCUT2D eigenvalue weighted by Gasteiger charge is 2.09. The van der Waals surface area contributed by atoms with Gasteiger partial charge in [0.2, 0.25) is 0 Å². The van der Waals surface area contributed by atoms with Gasteiger partial charge >= 0.3 is 0 Å². The van der Waals surface area contributed by atoms with Crippen molar-refractivity contribution in [2.45, 2.75) is 25.8 Å². The maximum absolute atomic E-state index is 6.12. The summed E-state index contributed by atoms with van der Waals surface area (Å²) in [6.45, 7) is 5.92. The van der Waals surface area contributed by atoms with Crippen molar-refractivity contribution in [3.63, 3.8) is 0 Å². The number of nitrogens with two attached hydrogens (primary N) is 1. The fraction of sp³-hybridized carbons (Fsp3) is 0.267. The number of allylic oxidation sites excluding steroid dienone is 1. The van der Waals surface area contributed by atoms with Crippen LogP contribution >= 0.6 is 0 Å². The first-order valence-corrected chi connectivity index (χ1v) is 6.18. The van der Waals surface area contributed by atoms with E-state index in [0.717, 1.165) is 29.8 Å². The first kappa shape index (κ1) is 12.6. The summed E-state index contributed by atoms with van der Waals surface area (Å²) < 4.78 is 1.86. The van der Waals surface area contributed by atoms with Crippen LogP contribution in [0.2, 0.25) is 0 Å². The maximum Gasteiger partial charge on any atom is 0.0796 e. The second-order valence-corrected chi connectivity index (χ2v) is 4.62. The van der Waals surface area contributed by atoms with E-state index in [0.29, 0.717) is 0 Å². The zero-order chi connectivity index (χ0) is 13.0. The average molecular weight is 241 g/mol. The summed E-state index contributed by atoms with van der Waals surface area (Å²) in [4.78, 5) is 0. The molecule has 2 rings (SSSR count). The molecule has 1 heterocycles. The van der Waals surface area contributed by atoms with Gasteiger partial charge in [0.25, 0.3) is 0 Å². The lowest BCUT2D eigenvalue weighted by atomic mass is 10.1. The minimum absolute atomic E-state index is 0.0216. The molecule has 0 radical (unpaired) electrons. The normalized spacial score (nSPS) is 12.3. The highest BCUT2D eigenvalue weighted by atomic mass is 15.3. The van der Waals surface area contributed by atoms with Crippen molar-refractivity contribution < 1.29 is 0 Å². The number of aromatic nitrogens is 2. The summed E-state index contributed by atoms with van der Waals surface area (Å²) in [7, 11) is 0. The smallest absolute Gasteiger partial charge is 0.0796 e. The predicted octanol–water partition coefficient (Wildman–Crippen LogP) is 3.23. The van der Waals surface area contributed by atoms with Crippen LogP contribution in [0.3, 0.4) is 0 Å². The number of hydrogen-bond donors (Lipinski definition) is 1. The van der Waals surface area contributed by atoms with E-state index < -0.39 is 0 Å². The van der Waals surface area contributed by atoms with Gasteiger partial charge in [-0.2, -0.15) is 5.10 Å². The summed E-state index contributed by atoms with van der Waals surface area (Å²) >= 11 is 0. The van der Waals surface area contributed by atoms with E-state index in [4.69, 9.17) is 5.73 Å². The lowest BCUT2D eigenvalue weighted by Crippen LogP contribution is -2.11. The molecule has 0 spiro atoms. The van der Waals surface area contributed by atoms with Gasteiger partial charge in [0.15, 0.2) is 0 Å². The van der Waals surface area contributed by atoms with Crippen molar-refractivity contribution >= 4 is 0 Å². The van der Waals surface area contributed by atoms with Gasteiger partial charge in [0.05, 0.1) is 11.4 Å². The van der Waals surface area contributed by atoms with Crippen LogP contribution in [0, 0.1) is 0 Å². The number of benzene rings is 1. The molecular formula is C15H19N3. The van der Waals surface area contributed by atoms with Crippen LogP contribution in [0.1, 0.15) is 31.5 Å². The molecule has 3 nitrogen and oxygen atoms in total. The molecule has 0 fully saturated rings. The molecule has 0 amide bonds. The average Bonchev–Trinajstić information content (AvgIpc) is 2.86. The minimum Gasteiger partial charge on any atom is -0.323 e. The quantitative estimate of drug-likeness (QED) is 0.817. The number of para-hydroxylation sites is 1. The first-order valence-electron chi connectivity index (χ1n) is 6.18. The fourth-order valence-electron chi connectivity index (χ4n) is 1.81. The van der Waals surface area contributed by atoms with Gasteiger partial charge in [-0.1, -0.05) is 23.8 Å². The maximum atomic E-state index is 6.12. The topological polar surface area (TPSA) is 43.8 Å². The molecule has 2 aromatic rings. The van der Waals surface area contributed by atoms with E-state index >= 15 is 0 Å². The number of nitrogens with zero attached hydrogens (tertiary/aromatic N) is 2. The van der Waals surface area contributed by atoms with Crippen LogP contribution in [0.5, 0.6) is 0 Å². The molecule has 2 N–H and O–H groups in total. The third kappa shape index (κ3) is 3.08. The van der Waals surface area contributed by atoms with Crippen LogP contribution in [-0.2, 0) is 0 Å². The van der Waals surface area contributed by atoms with Crippen molar-refractivity contribution in [3.8, 4) is 5.69 Å². The van der Waals surface area contributed by atoms with Gasteiger partial charge < -0.3 is 5.73 Å². The molecule has 3 heteroatoms. The van der Waals surface area contributed by atoms with Gasteiger partial charge in [-0.25, -0.2) is 4.68 Å². The van der Waals surface area contributed by atoms with Crippen LogP contribution in [0.25, 0.3) is 5.69 Å². The molecule has 18 heavy (non-hydrogen) atoms. The third-order valence-electron chi connectivity index (χ3n) is 2.89. The van der Waals surface area contributed by atoms with Crippen molar-refractivity contribution in [1.29, 1.82) is 0 Å². The lowest BCUT2D eigenvalue weighted by Gasteiger charge is -2.08. The second-order valence-electron chi connectivity index (χ2n) is 4.62. The Labute approximate surface area is 108 Å². The summed E-state index contributed by atoms with van der Waals surface area (Å²) in [5.74, 6) is 0. The summed E-state index contributed by atoms with van der Waals surface area (Å²) in [5.41, 5.74) is 9.26. The summed E-state index contributed by atoms with van der Waals surface area (Å²) in [6, 6.07) is 12.0. The lowest BCUT2D eigenvalue weighted by molar-refractivity contribution is 0.621. The van der Waals surface area contributed by atoms with Gasteiger partial charge in [-0.3, -0.25) is 0 Å². The van der Waals surface area contributed by atoms with Crippen molar-refractivity contribution in [2.75, 3.05) is 0 Å². The zero-order valence-electron chi connectivity index (χ0n) is 10.7. The van der Waals surface area contributed by atoms with Crippen molar-refractivity contribution in [3.05, 3.63) is 60.4 Å². The Morgan fingerprint density at radius 3 is 2.72 bits per heavy atom. The second kappa shape index (κ2) is 5.65. The Balaban J connectivity index is 2.08. The number of hydrogen-bond acceptors (Lipinski definition) is 2. The van der Waals surface area contributed by atoms with Crippen LogP contribution in [-0.4, -0.2) is 9.78 Å². The SMILES string of the molecule is C=C(C)CCC(N)c1ccn(-c2ccccc2)n1. The molecule has 0 bridgehead atoms. The van der Waals surface area contributed by atoms with Gasteiger partial charge in [0, 0.05) is 12.2 Å². The minimum atomic E-state index is -0.0216. The van der Waals surface area contributed by atoms with Gasteiger partial charge in [-0.15, -0.1) is 6.58 Å². The Morgan fingerprint density at radius 2 is 2.06 bits per heavy atom. The molecule has 1 aromatic carbocycles. The molecule has 0 saturated heterocycles. The molecule has 0 aliphatic carbocycles. The fourth-order valence-corrected chi connectivity index (χ4v) is 1.81. The van der Waals surface area contributed by atoms with E-state index in [1.807, 2.05) is 54.2 Å². The monoisotopic (exact) mass is 241 g/mol. The van der Waals surface area contributed by atoms with Crippen molar-refractivity contribution in [1.82, 2.24) is 9.78 Å². The first-order chi connectivity index (χ1) is 8.66. The van der Waals surface area contributed by atoms with E-state index in [1.54, 1.807) is 0 Å². The van der Waals surface area contributed by atoms with Gasteiger partial charge in [0.1, 0.15) is 0 Å². The van der Waals surface area contributed by atoms with E-state index in [9.17, 15) is 0 Å². The molecule has 94 valence electrons. The molecule has 0 saturated carbocycles. The highest BCUT2D eigenvalue weighted by Crippen LogP contribution is 2.17. The Kier molecular flexibility index (Phi) is 3.95. The molecule has 1 unspecified atom stereocenters. The largest absolute Gasteiger partial charge is 0.323 e. The predicted molar refractivity (Wildman–Crippen MR) is 74.5 cm³/mol. The van der Waals surface area contributed by atoms with Crippen LogP contribution in [0.4, 0.5) is 0 Å². The van der Waals surface area contributed by atoms with Gasteiger partial charge in [-0.05, 0) is 38.0 Å². The van der Waals surface area contributed by atoms with Crippen LogP contribution < -0.4 is 5.73 Å².